The quantitative estimate of drug-likeness (QED) is 0.525. The first kappa shape index (κ1) is 11.0. The Morgan fingerprint density at radius 2 is 1.15 bits per heavy atom. The average molecular weight is 186 g/mol. The molecule has 0 spiro atoms. The molecule has 78 valence electrons. The molecular formula is C10H22N2O. The second-order valence-corrected chi connectivity index (χ2v) is 3.86. The van der Waals surface area contributed by atoms with Crippen LogP contribution in [0.5, 0.6) is 0 Å². The van der Waals surface area contributed by atoms with Gasteiger partial charge in [0, 0.05) is 19.8 Å². The number of rotatable bonds is 0. The van der Waals surface area contributed by atoms with Gasteiger partial charge in [-0.05, 0) is 0 Å². The molecule has 0 bridgehead atoms. The Bertz CT molecular complexity index is 98.0. The van der Waals surface area contributed by atoms with Crippen molar-refractivity contribution in [1.82, 2.24) is 10.6 Å². The van der Waals surface area contributed by atoms with Crippen LogP contribution in [0.3, 0.4) is 0 Å². The summed E-state index contributed by atoms with van der Waals surface area (Å²) < 4.78 is 0. The first-order chi connectivity index (χ1) is 6.39. The monoisotopic (exact) mass is 186 g/mol. The lowest BCUT2D eigenvalue weighted by Crippen LogP contribution is -2.46. The van der Waals surface area contributed by atoms with E-state index in [2.05, 4.69) is 10.6 Å². The fourth-order valence-corrected chi connectivity index (χ4v) is 1.70. The van der Waals surface area contributed by atoms with Gasteiger partial charge in [0.25, 0.3) is 0 Å². The number of aliphatic hydroxyl groups is 1. The molecule has 0 amide bonds. The Morgan fingerprint density at radius 1 is 0.769 bits per heavy atom. The van der Waals surface area contributed by atoms with E-state index >= 15 is 0 Å². The highest BCUT2D eigenvalue weighted by Gasteiger charge is 2.05. The fourth-order valence-electron chi connectivity index (χ4n) is 1.70. The molecule has 2 fully saturated rings. The van der Waals surface area contributed by atoms with Crippen LogP contribution in [-0.2, 0) is 0 Å². The summed E-state index contributed by atoms with van der Waals surface area (Å²) in [6.45, 7) is 2.29. The van der Waals surface area contributed by atoms with Crippen molar-refractivity contribution < 1.29 is 5.11 Å². The summed E-state index contributed by atoms with van der Waals surface area (Å²) in [5.41, 5.74) is 0. The summed E-state index contributed by atoms with van der Waals surface area (Å²) in [6, 6.07) is 0. The molecule has 0 atom stereocenters. The Balaban J connectivity index is 0.000000132. The molecule has 13 heavy (non-hydrogen) atoms. The van der Waals surface area contributed by atoms with Gasteiger partial charge < -0.3 is 15.7 Å². The molecule has 1 heterocycles. The maximum atomic E-state index is 8.78. The van der Waals surface area contributed by atoms with E-state index in [0.29, 0.717) is 0 Å². The summed E-state index contributed by atoms with van der Waals surface area (Å²) in [6.07, 6.45) is 8.81. The highest BCUT2D eigenvalue weighted by Crippen LogP contribution is 2.15. The minimum Gasteiger partial charge on any atom is -0.390 e. The van der Waals surface area contributed by atoms with Crippen LogP contribution < -0.4 is 10.6 Å². The van der Waals surface area contributed by atoms with Crippen LogP contribution in [0.15, 0.2) is 0 Å². The zero-order valence-electron chi connectivity index (χ0n) is 8.39. The predicted molar refractivity (Wildman–Crippen MR) is 54.6 cm³/mol. The summed E-state index contributed by atoms with van der Waals surface area (Å²) in [5, 5.41) is 14.7. The van der Waals surface area contributed by atoms with Crippen LogP contribution >= 0.6 is 0 Å². The van der Waals surface area contributed by atoms with Crippen molar-refractivity contribution in [3.8, 4) is 0 Å². The molecule has 3 N–H and O–H groups in total. The topological polar surface area (TPSA) is 44.3 Å². The van der Waals surface area contributed by atoms with Crippen LogP contribution in [-0.4, -0.2) is 31.0 Å². The third kappa shape index (κ3) is 6.02. The SMILES string of the molecule is C1CCCCC1.OC1CNCNC1. The molecular weight excluding hydrogens is 164 g/mol. The average Bonchev–Trinajstić information content (AvgIpc) is 2.22. The number of β-amino-alcohol motifs (C(OH)–C–C–N with tert-alkyl or cyclic N) is 1. The Kier molecular flexibility index (Phi) is 6.15. The zero-order chi connectivity index (χ0) is 9.36. The van der Waals surface area contributed by atoms with Crippen molar-refractivity contribution in [2.24, 2.45) is 0 Å². The molecule has 2 rings (SSSR count). The molecule has 1 saturated carbocycles. The van der Waals surface area contributed by atoms with E-state index in [1.54, 1.807) is 0 Å². The van der Waals surface area contributed by atoms with Crippen molar-refractivity contribution in [3.63, 3.8) is 0 Å². The first-order valence-corrected chi connectivity index (χ1v) is 5.49. The van der Waals surface area contributed by atoms with E-state index in [4.69, 9.17) is 5.11 Å². The van der Waals surface area contributed by atoms with Crippen LogP contribution in [0, 0.1) is 0 Å². The molecule has 2 aliphatic rings. The van der Waals surface area contributed by atoms with E-state index in [-0.39, 0.29) is 6.10 Å². The number of aliphatic hydroxyl groups excluding tert-OH is 1. The van der Waals surface area contributed by atoms with E-state index in [0.717, 1.165) is 19.8 Å². The number of nitrogens with one attached hydrogen (secondary N) is 2. The van der Waals surface area contributed by atoms with Gasteiger partial charge in [-0.1, -0.05) is 38.5 Å². The van der Waals surface area contributed by atoms with Gasteiger partial charge >= 0.3 is 0 Å². The molecule has 0 aromatic heterocycles. The van der Waals surface area contributed by atoms with Crippen LogP contribution in [0.2, 0.25) is 0 Å². The van der Waals surface area contributed by atoms with Crippen LogP contribution in [0.25, 0.3) is 0 Å². The van der Waals surface area contributed by atoms with Gasteiger partial charge in [0.05, 0.1) is 6.10 Å². The summed E-state index contributed by atoms with van der Waals surface area (Å²) in [5.74, 6) is 0. The predicted octanol–water partition coefficient (Wildman–Crippen LogP) is 0.838. The van der Waals surface area contributed by atoms with Gasteiger partial charge in [-0.25, -0.2) is 0 Å². The standard InChI is InChI=1S/C6H12.C4H10N2O/c1-2-4-6-5-3-1;7-4-1-5-3-6-2-4/h1-6H2;4-7H,1-3H2. The molecule has 3 nitrogen and oxygen atoms in total. The fraction of sp³-hybridized carbons (Fsp3) is 1.00. The Morgan fingerprint density at radius 3 is 1.38 bits per heavy atom. The van der Waals surface area contributed by atoms with Crippen LogP contribution in [0.4, 0.5) is 0 Å². The van der Waals surface area contributed by atoms with Crippen LogP contribution in [0.1, 0.15) is 38.5 Å². The van der Waals surface area contributed by atoms with Crippen molar-refractivity contribution in [1.29, 1.82) is 0 Å². The molecule has 1 aliphatic heterocycles. The minimum absolute atomic E-state index is 0.186. The molecule has 1 saturated heterocycles. The van der Waals surface area contributed by atoms with Gasteiger partial charge in [-0.3, -0.25) is 0 Å². The summed E-state index contributed by atoms with van der Waals surface area (Å²) >= 11 is 0. The van der Waals surface area contributed by atoms with Crippen molar-refractivity contribution >= 4 is 0 Å². The van der Waals surface area contributed by atoms with E-state index < -0.39 is 0 Å². The molecule has 0 aromatic rings. The largest absolute Gasteiger partial charge is 0.390 e. The maximum absolute atomic E-state index is 8.78. The molecule has 0 radical (unpaired) electrons. The number of hydrogen-bond donors (Lipinski definition) is 3. The summed E-state index contributed by atoms with van der Waals surface area (Å²) in [4.78, 5) is 0. The zero-order valence-corrected chi connectivity index (χ0v) is 8.39. The van der Waals surface area contributed by atoms with Crippen molar-refractivity contribution in [2.45, 2.75) is 44.6 Å². The summed E-state index contributed by atoms with van der Waals surface area (Å²) in [7, 11) is 0. The lowest BCUT2D eigenvalue weighted by molar-refractivity contribution is 0.148. The van der Waals surface area contributed by atoms with E-state index in [9.17, 15) is 0 Å². The third-order valence-corrected chi connectivity index (χ3v) is 2.51. The normalized spacial score (nSPS) is 24.7. The molecule has 0 unspecified atom stereocenters. The van der Waals surface area contributed by atoms with Crippen molar-refractivity contribution in [3.05, 3.63) is 0 Å². The van der Waals surface area contributed by atoms with Gasteiger partial charge in [0.2, 0.25) is 0 Å². The highest BCUT2D eigenvalue weighted by molar-refractivity contribution is 4.66. The smallest absolute Gasteiger partial charge is 0.0789 e. The highest BCUT2D eigenvalue weighted by atomic mass is 16.3. The molecule has 0 aromatic carbocycles. The second-order valence-electron chi connectivity index (χ2n) is 3.86. The maximum Gasteiger partial charge on any atom is 0.0789 e. The van der Waals surface area contributed by atoms with Gasteiger partial charge in [0.1, 0.15) is 0 Å². The lowest BCUT2D eigenvalue weighted by Gasteiger charge is -2.18. The Hall–Kier alpha value is -0.120. The third-order valence-electron chi connectivity index (χ3n) is 2.51. The lowest BCUT2D eigenvalue weighted by atomic mass is 10.0. The van der Waals surface area contributed by atoms with Gasteiger partial charge in [0.15, 0.2) is 0 Å². The minimum atomic E-state index is -0.186. The Labute approximate surface area is 80.9 Å². The molecule has 1 aliphatic carbocycles. The molecule has 3 heteroatoms. The second kappa shape index (κ2) is 7.30. The van der Waals surface area contributed by atoms with E-state index in [1.807, 2.05) is 0 Å². The van der Waals surface area contributed by atoms with Gasteiger partial charge in [-0.15, -0.1) is 0 Å². The number of hydrogen-bond acceptors (Lipinski definition) is 3. The first-order valence-electron chi connectivity index (χ1n) is 5.49. The van der Waals surface area contributed by atoms with E-state index in [1.165, 1.54) is 38.5 Å². The van der Waals surface area contributed by atoms with Crippen molar-refractivity contribution in [2.75, 3.05) is 19.8 Å². The van der Waals surface area contributed by atoms with Gasteiger partial charge in [-0.2, -0.15) is 0 Å².